The molecule has 8 nitrogen and oxygen atoms in total. The highest BCUT2D eigenvalue weighted by molar-refractivity contribution is 8.04. The van der Waals surface area contributed by atoms with E-state index in [9.17, 15) is 9.59 Å². The number of hydrogen-bond donors (Lipinski definition) is 0. The topological polar surface area (TPSA) is 84.9 Å². The number of carbonyl (C=O) groups is 2. The molecule has 1 aliphatic heterocycles. The van der Waals surface area contributed by atoms with Gasteiger partial charge in [0, 0.05) is 13.1 Å². The van der Waals surface area contributed by atoms with Crippen molar-refractivity contribution in [3.05, 3.63) is 45.2 Å². The third-order valence-corrected chi connectivity index (χ3v) is 7.02. The molecule has 1 aromatic heterocycles. The van der Waals surface area contributed by atoms with Crippen LogP contribution in [-0.2, 0) is 19.1 Å². The van der Waals surface area contributed by atoms with Crippen molar-refractivity contribution in [1.82, 2.24) is 9.97 Å². The Labute approximate surface area is 224 Å². The number of ether oxygens (including phenoxy) is 2. The van der Waals surface area contributed by atoms with Crippen molar-refractivity contribution >= 4 is 41.0 Å². The second-order valence-electron chi connectivity index (χ2n) is 9.04. The van der Waals surface area contributed by atoms with Gasteiger partial charge in [0.1, 0.15) is 16.7 Å². The van der Waals surface area contributed by atoms with E-state index in [1.807, 2.05) is 32.6 Å². The van der Waals surface area contributed by atoms with Gasteiger partial charge in [-0.15, -0.1) is 0 Å². The molecule has 2 heterocycles. The minimum atomic E-state index is -0.714. The van der Waals surface area contributed by atoms with Crippen molar-refractivity contribution in [2.75, 3.05) is 36.1 Å². The number of rotatable bonds is 10. The predicted octanol–water partition coefficient (Wildman–Crippen LogP) is 5.92. The van der Waals surface area contributed by atoms with Crippen LogP contribution in [-0.4, -0.2) is 48.2 Å². The number of aryl methyl sites for hydroxylation is 4. The number of anilines is 3. The summed E-state index contributed by atoms with van der Waals surface area (Å²) < 4.78 is 10.7. The Morgan fingerprint density at radius 1 is 0.892 bits per heavy atom. The highest BCUT2D eigenvalue weighted by Crippen LogP contribution is 2.54. The van der Waals surface area contributed by atoms with Crippen LogP contribution in [0, 0.1) is 27.7 Å². The van der Waals surface area contributed by atoms with Crippen LogP contribution < -0.4 is 9.80 Å². The van der Waals surface area contributed by atoms with Crippen LogP contribution in [0.2, 0.25) is 0 Å². The van der Waals surface area contributed by atoms with E-state index in [0.717, 1.165) is 59.0 Å². The van der Waals surface area contributed by atoms with Crippen molar-refractivity contribution in [2.45, 2.75) is 73.1 Å². The summed E-state index contributed by atoms with van der Waals surface area (Å²) in [5.41, 5.74) is 3.88. The van der Waals surface area contributed by atoms with Crippen LogP contribution in [0.15, 0.2) is 27.6 Å². The lowest BCUT2D eigenvalue weighted by Gasteiger charge is -2.27. The van der Waals surface area contributed by atoms with Gasteiger partial charge in [0.05, 0.1) is 23.8 Å². The van der Waals surface area contributed by atoms with Crippen molar-refractivity contribution in [3.63, 3.8) is 0 Å². The number of fused-ring (bicyclic) bond motifs is 1. The lowest BCUT2D eigenvalue weighted by Crippen LogP contribution is -2.27. The van der Waals surface area contributed by atoms with Crippen molar-refractivity contribution in [2.24, 2.45) is 0 Å². The van der Waals surface area contributed by atoms with E-state index in [0.29, 0.717) is 16.7 Å². The van der Waals surface area contributed by atoms with E-state index < -0.39 is 11.9 Å². The van der Waals surface area contributed by atoms with E-state index in [1.165, 1.54) is 11.8 Å². The zero-order valence-corrected chi connectivity index (χ0v) is 24.0. The Bertz CT molecular complexity index is 1160. The molecular formula is C28H38N4O4S. The molecule has 0 unspecified atom stereocenters. The molecule has 0 fully saturated rings. The first-order chi connectivity index (χ1) is 17.7. The second-order valence-corrected chi connectivity index (χ2v) is 10.0. The van der Waals surface area contributed by atoms with Gasteiger partial charge in [0.15, 0.2) is 11.4 Å². The lowest BCUT2D eigenvalue weighted by molar-refractivity contribution is -0.146. The van der Waals surface area contributed by atoms with E-state index >= 15 is 0 Å². The number of benzene rings is 1. The van der Waals surface area contributed by atoms with Gasteiger partial charge in [-0.25, -0.2) is 19.6 Å². The molecule has 0 radical (unpaired) electrons. The number of aromatic nitrogens is 2. The highest BCUT2D eigenvalue weighted by Gasteiger charge is 2.40. The number of hydrogen-bond acceptors (Lipinski definition) is 9. The smallest absolute Gasteiger partial charge is 0.348 e. The molecule has 0 saturated carbocycles. The molecule has 0 saturated heterocycles. The molecule has 0 spiro atoms. The normalized spacial score (nSPS) is 12.4. The predicted molar refractivity (Wildman–Crippen MR) is 149 cm³/mol. The van der Waals surface area contributed by atoms with Crippen LogP contribution in [0.5, 0.6) is 0 Å². The van der Waals surface area contributed by atoms with Crippen LogP contribution in [0.4, 0.5) is 17.3 Å². The monoisotopic (exact) mass is 526 g/mol. The largest absolute Gasteiger partial charge is 0.462 e. The fourth-order valence-electron chi connectivity index (χ4n) is 4.65. The van der Waals surface area contributed by atoms with Gasteiger partial charge in [-0.1, -0.05) is 43.3 Å². The Hall–Kier alpha value is -3.07. The van der Waals surface area contributed by atoms with Gasteiger partial charge in [0.25, 0.3) is 0 Å². The first-order valence-corrected chi connectivity index (χ1v) is 13.8. The average Bonchev–Trinajstić information content (AvgIpc) is 3.16. The Morgan fingerprint density at radius 3 is 1.92 bits per heavy atom. The summed E-state index contributed by atoms with van der Waals surface area (Å²) in [7, 11) is 0. The molecule has 0 amide bonds. The van der Waals surface area contributed by atoms with Crippen LogP contribution in [0.25, 0.3) is 0 Å². The molecule has 9 heteroatoms. The standard InChI is InChI=1S/C28H38N4O4S/c1-9-13-31(14-10-2)24-23-25(30-20(8)29-24)32(22-18(6)15-17(5)16-19(22)7)26(37-23)21(27(33)35-11-3)28(34)36-12-4/h15-16H,9-14H2,1-8H3. The zero-order chi connectivity index (χ0) is 27.3. The summed E-state index contributed by atoms with van der Waals surface area (Å²) in [6.07, 6.45) is 1.92. The first-order valence-electron chi connectivity index (χ1n) is 13.0. The molecular weight excluding hydrogens is 488 g/mol. The molecule has 200 valence electrons. The summed E-state index contributed by atoms with van der Waals surface area (Å²) >= 11 is 1.33. The summed E-state index contributed by atoms with van der Waals surface area (Å²) in [5, 5.41) is 0.427. The second kappa shape index (κ2) is 12.4. The molecule has 0 N–H and O–H groups in total. The van der Waals surface area contributed by atoms with Gasteiger partial charge < -0.3 is 14.4 Å². The first kappa shape index (κ1) is 28.5. The molecule has 2 aromatic rings. The van der Waals surface area contributed by atoms with Gasteiger partial charge in [-0.05, 0) is 65.5 Å². The molecule has 0 atom stereocenters. The molecule has 37 heavy (non-hydrogen) atoms. The molecule has 1 aromatic carbocycles. The quantitative estimate of drug-likeness (QED) is 0.162. The molecule has 0 bridgehead atoms. The summed E-state index contributed by atoms with van der Waals surface area (Å²) in [4.78, 5) is 41.1. The van der Waals surface area contributed by atoms with Gasteiger partial charge >= 0.3 is 11.9 Å². The van der Waals surface area contributed by atoms with Crippen LogP contribution in [0.3, 0.4) is 0 Å². The van der Waals surface area contributed by atoms with Crippen LogP contribution in [0.1, 0.15) is 63.1 Å². The van der Waals surface area contributed by atoms with E-state index in [1.54, 1.807) is 13.8 Å². The average molecular weight is 527 g/mol. The maximum atomic E-state index is 13.2. The minimum Gasteiger partial charge on any atom is -0.462 e. The Kier molecular flexibility index (Phi) is 9.59. The van der Waals surface area contributed by atoms with Crippen molar-refractivity contribution in [3.8, 4) is 0 Å². The number of thioether (sulfide) groups is 1. The number of carbonyl (C=O) groups excluding carboxylic acids is 2. The molecule has 1 aliphatic rings. The third-order valence-electron chi connectivity index (χ3n) is 5.87. The highest BCUT2D eigenvalue weighted by atomic mass is 32.2. The SMILES string of the molecule is CCCN(CCC)c1nc(C)nc2c1SC(=C(C(=O)OCC)C(=O)OCC)N2c1c(C)cc(C)cc1C. The van der Waals surface area contributed by atoms with Crippen molar-refractivity contribution in [1.29, 1.82) is 0 Å². The lowest BCUT2D eigenvalue weighted by atomic mass is 10.0. The zero-order valence-electron chi connectivity index (χ0n) is 23.2. The van der Waals surface area contributed by atoms with E-state index in [-0.39, 0.29) is 18.8 Å². The number of nitrogens with zero attached hydrogens (tertiary/aromatic N) is 4. The van der Waals surface area contributed by atoms with Gasteiger partial charge in [-0.2, -0.15) is 0 Å². The summed E-state index contributed by atoms with van der Waals surface area (Å²) in [6, 6.07) is 4.18. The maximum Gasteiger partial charge on any atom is 0.348 e. The third kappa shape index (κ3) is 5.92. The Morgan fingerprint density at radius 2 is 1.43 bits per heavy atom. The van der Waals surface area contributed by atoms with Crippen LogP contribution >= 0.6 is 11.8 Å². The maximum absolute atomic E-state index is 13.2. The summed E-state index contributed by atoms with van der Waals surface area (Å²) in [6.45, 7) is 17.6. The van der Waals surface area contributed by atoms with Gasteiger partial charge in [0.2, 0.25) is 0 Å². The molecule has 3 rings (SSSR count). The Balaban J connectivity index is 2.41. The van der Waals surface area contributed by atoms with Crippen molar-refractivity contribution < 1.29 is 19.1 Å². The van der Waals surface area contributed by atoms with E-state index in [4.69, 9.17) is 19.4 Å². The van der Waals surface area contributed by atoms with Gasteiger partial charge in [-0.3, -0.25) is 4.90 Å². The number of esters is 2. The fraction of sp³-hybridized carbons (Fsp3) is 0.500. The van der Waals surface area contributed by atoms with E-state index in [2.05, 4.69) is 30.9 Å². The minimum absolute atomic E-state index is 0.132. The molecule has 0 aliphatic carbocycles. The summed E-state index contributed by atoms with van der Waals surface area (Å²) in [5.74, 6) is 0.656. The fourth-order valence-corrected chi connectivity index (χ4v) is 5.88.